The number of benzene rings is 2. The Morgan fingerprint density at radius 1 is 0.920 bits per heavy atom. The molecule has 25 heavy (non-hydrogen) atoms. The number of ether oxygens (including phenoxy) is 2. The molecule has 2 aromatic rings. The molecule has 0 spiro atoms. The summed E-state index contributed by atoms with van der Waals surface area (Å²) in [6.45, 7) is 10.4. The van der Waals surface area contributed by atoms with Crippen LogP contribution in [0, 0.1) is 0 Å². The van der Waals surface area contributed by atoms with Gasteiger partial charge in [-0.3, -0.25) is 0 Å². The maximum atomic E-state index is 12.0. The summed E-state index contributed by atoms with van der Waals surface area (Å²) in [5, 5.41) is 1.32. The molecule has 0 radical (unpaired) electrons. The lowest BCUT2D eigenvalue weighted by Crippen LogP contribution is -2.16. The highest BCUT2D eigenvalue weighted by molar-refractivity contribution is 6.03. The number of esters is 2. The molecular weight excluding hydrogens is 318 g/mol. The van der Waals surface area contributed by atoms with E-state index < -0.39 is 11.9 Å². The molecule has 2 aromatic carbocycles. The van der Waals surface area contributed by atoms with E-state index in [-0.39, 0.29) is 0 Å². The van der Waals surface area contributed by atoms with Gasteiger partial charge in [0.15, 0.2) is 5.75 Å². The molecule has 0 N–H and O–H groups in total. The van der Waals surface area contributed by atoms with Crippen LogP contribution in [0.4, 0.5) is 5.69 Å². The second-order valence-corrected chi connectivity index (χ2v) is 6.00. The van der Waals surface area contributed by atoms with Crippen molar-refractivity contribution < 1.29 is 19.1 Å². The predicted octanol–water partition coefficient (Wildman–Crippen LogP) is 3.87. The van der Waals surface area contributed by atoms with Gasteiger partial charge < -0.3 is 14.4 Å². The summed E-state index contributed by atoms with van der Waals surface area (Å²) < 4.78 is 11.0. The smallest absolute Gasteiger partial charge is 0.338 e. The monoisotopic (exact) mass is 339 g/mol. The minimum Gasteiger partial charge on any atom is -0.422 e. The van der Waals surface area contributed by atoms with E-state index in [0.29, 0.717) is 39.1 Å². The van der Waals surface area contributed by atoms with Crippen LogP contribution in [-0.2, 0) is 9.59 Å². The molecule has 0 heterocycles. The minimum atomic E-state index is -0.514. The largest absolute Gasteiger partial charge is 0.422 e. The molecule has 0 bridgehead atoms. The van der Waals surface area contributed by atoms with Crippen LogP contribution in [0.25, 0.3) is 10.8 Å². The highest BCUT2D eigenvalue weighted by atomic mass is 16.5. The number of hydrogen-bond donors (Lipinski definition) is 0. The van der Waals surface area contributed by atoms with E-state index in [1.54, 1.807) is 30.9 Å². The van der Waals surface area contributed by atoms with Gasteiger partial charge in [0.1, 0.15) is 5.75 Å². The zero-order chi connectivity index (χ0) is 18.7. The molecule has 0 aromatic heterocycles. The molecule has 5 nitrogen and oxygen atoms in total. The van der Waals surface area contributed by atoms with E-state index in [9.17, 15) is 9.59 Å². The maximum Gasteiger partial charge on any atom is 0.338 e. The predicted molar refractivity (Wildman–Crippen MR) is 99.2 cm³/mol. The Morgan fingerprint density at radius 2 is 1.44 bits per heavy atom. The van der Waals surface area contributed by atoms with Gasteiger partial charge in [0.2, 0.25) is 0 Å². The molecule has 0 aliphatic heterocycles. The van der Waals surface area contributed by atoms with Gasteiger partial charge in [0, 0.05) is 42.1 Å². The second kappa shape index (κ2) is 7.21. The van der Waals surface area contributed by atoms with E-state index in [1.165, 1.54) is 0 Å². The molecular formula is C20H21NO4. The summed E-state index contributed by atoms with van der Waals surface area (Å²) >= 11 is 0. The Hall–Kier alpha value is -3.08. The normalized spacial score (nSPS) is 10.2. The van der Waals surface area contributed by atoms with E-state index in [1.807, 2.05) is 32.3 Å². The Balaban J connectivity index is 2.70. The Bertz CT molecular complexity index is 881. The molecule has 0 fully saturated rings. The van der Waals surface area contributed by atoms with Crippen LogP contribution in [-0.4, -0.2) is 26.0 Å². The van der Waals surface area contributed by atoms with Gasteiger partial charge in [-0.05, 0) is 13.8 Å². The number of nitrogens with zero attached hydrogens (tertiary/aromatic N) is 1. The summed E-state index contributed by atoms with van der Waals surface area (Å²) in [6, 6.07) is 8.92. The summed E-state index contributed by atoms with van der Waals surface area (Å²) in [7, 11) is 3.62. The van der Waals surface area contributed by atoms with E-state index >= 15 is 0 Å². The van der Waals surface area contributed by atoms with Crippen molar-refractivity contribution in [3.05, 3.63) is 54.6 Å². The number of carbonyl (C=O) groups excluding carboxylic acids is 2. The zero-order valence-electron chi connectivity index (χ0n) is 14.9. The average Bonchev–Trinajstić information content (AvgIpc) is 2.55. The van der Waals surface area contributed by atoms with Crippen LogP contribution in [0.1, 0.15) is 13.8 Å². The van der Waals surface area contributed by atoms with Crippen LogP contribution in [0.2, 0.25) is 0 Å². The molecule has 0 aliphatic rings. The first-order chi connectivity index (χ1) is 11.7. The molecule has 0 amide bonds. The number of rotatable bonds is 5. The summed E-state index contributed by atoms with van der Waals surface area (Å²) in [5.74, 6) is -0.257. The topological polar surface area (TPSA) is 55.8 Å². The molecule has 0 unspecified atom stereocenters. The lowest BCUT2D eigenvalue weighted by molar-refractivity contribution is -0.131. The number of fused-ring (bicyclic) bond motifs is 1. The fourth-order valence-electron chi connectivity index (χ4n) is 2.19. The van der Waals surface area contributed by atoms with Crippen molar-refractivity contribution in [3.8, 4) is 11.5 Å². The second-order valence-electron chi connectivity index (χ2n) is 6.00. The number of anilines is 1. The Morgan fingerprint density at radius 3 is 1.96 bits per heavy atom. The molecule has 2 rings (SSSR count). The van der Waals surface area contributed by atoms with Gasteiger partial charge in [0.05, 0.1) is 5.69 Å². The van der Waals surface area contributed by atoms with Crippen LogP contribution in [0.3, 0.4) is 0 Å². The standard InChI is InChI=1S/C20H21NO4/c1-12(2)19(22)24-17-11-16(21(5)6)18(25-20(23)13(3)4)15-10-8-7-9-14(15)17/h7-11H,1,3H2,2,4-6H3. The quantitative estimate of drug-likeness (QED) is 0.470. The molecule has 0 saturated carbocycles. The third kappa shape index (κ3) is 3.88. The Labute approximate surface area is 147 Å². The average molecular weight is 339 g/mol. The number of carbonyl (C=O) groups is 2. The van der Waals surface area contributed by atoms with Crippen molar-refractivity contribution in [3.63, 3.8) is 0 Å². The maximum absolute atomic E-state index is 12.0. The van der Waals surface area contributed by atoms with Gasteiger partial charge in [-0.25, -0.2) is 9.59 Å². The first-order valence-electron chi connectivity index (χ1n) is 7.70. The highest BCUT2D eigenvalue weighted by Crippen LogP contribution is 2.41. The van der Waals surface area contributed by atoms with E-state index in [2.05, 4.69) is 13.2 Å². The molecule has 0 saturated heterocycles. The molecule has 0 aliphatic carbocycles. The van der Waals surface area contributed by atoms with Crippen molar-refractivity contribution in [1.29, 1.82) is 0 Å². The first kappa shape index (κ1) is 18.3. The minimum absolute atomic E-state index is 0.298. The van der Waals surface area contributed by atoms with Crippen molar-refractivity contribution in [2.45, 2.75) is 13.8 Å². The molecule has 130 valence electrons. The SMILES string of the molecule is C=C(C)C(=O)Oc1cc(N(C)C)c(OC(=O)C(=C)C)c2ccccc12. The Kier molecular flexibility index (Phi) is 5.27. The van der Waals surface area contributed by atoms with Gasteiger partial charge in [-0.1, -0.05) is 37.4 Å². The summed E-state index contributed by atoms with van der Waals surface area (Å²) in [4.78, 5) is 25.8. The van der Waals surface area contributed by atoms with Crippen molar-refractivity contribution in [2.24, 2.45) is 0 Å². The fraction of sp³-hybridized carbons (Fsp3) is 0.200. The third-order valence-electron chi connectivity index (χ3n) is 3.51. The van der Waals surface area contributed by atoms with E-state index in [0.717, 1.165) is 0 Å². The van der Waals surface area contributed by atoms with Gasteiger partial charge >= 0.3 is 11.9 Å². The van der Waals surface area contributed by atoms with Crippen molar-refractivity contribution >= 4 is 28.4 Å². The summed E-state index contributed by atoms with van der Waals surface area (Å²) in [6.07, 6.45) is 0. The highest BCUT2D eigenvalue weighted by Gasteiger charge is 2.20. The fourth-order valence-corrected chi connectivity index (χ4v) is 2.19. The van der Waals surface area contributed by atoms with Crippen molar-refractivity contribution in [1.82, 2.24) is 0 Å². The van der Waals surface area contributed by atoms with Crippen LogP contribution >= 0.6 is 0 Å². The third-order valence-corrected chi connectivity index (χ3v) is 3.51. The first-order valence-corrected chi connectivity index (χ1v) is 7.70. The van der Waals surface area contributed by atoms with Gasteiger partial charge in [-0.2, -0.15) is 0 Å². The molecule has 5 heteroatoms. The lowest BCUT2D eigenvalue weighted by atomic mass is 10.1. The number of hydrogen-bond acceptors (Lipinski definition) is 5. The van der Waals surface area contributed by atoms with Crippen LogP contribution in [0.5, 0.6) is 11.5 Å². The zero-order valence-corrected chi connectivity index (χ0v) is 14.9. The van der Waals surface area contributed by atoms with Gasteiger partial charge in [0.25, 0.3) is 0 Å². The van der Waals surface area contributed by atoms with Crippen molar-refractivity contribution in [2.75, 3.05) is 19.0 Å². The van der Waals surface area contributed by atoms with E-state index in [4.69, 9.17) is 9.47 Å². The van der Waals surface area contributed by atoms with Gasteiger partial charge in [-0.15, -0.1) is 0 Å². The molecule has 0 atom stereocenters. The van der Waals surface area contributed by atoms with Crippen LogP contribution in [0.15, 0.2) is 54.6 Å². The van der Waals surface area contributed by atoms with Crippen LogP contribution < -0.4 is 14.4 Å². The summed E-state index contributed by atoms with van der Waals surface area (Å²) in [5.41, 5.74) is 1.21. The lowest BCUT2D eigenvalue weighted by Gasteiger charge is -2.21.